The number of aromatic nitrogens is 3. The summed E-state index contributed by atoms with van der Waals surface area (Å²) in [5, 5.41) is 12.9. The van der Waals surface area contributed by atoms with Crippen LogP contribution in [-0.4, -0.2) is 26.4 Å². The Morgan fingerprint density at radius 3 is 2.70 bits per heavy atom. The van der Waals surface area contributed by atoms with Crippen LogP contribution in [0.15, 0.2) is 47.6 Å². The summed E-state index contributed by atoms with van der Waals surface area (Å²) in [4.78, 5) is 12.2. The Balaban J connectivity index is 1.71. The first kappa shape index (κ1) is 19.5. The lowest BCUT2D eigenvalue weighted by Crippen LogP contribution is -2.14. The van der Waals surface area contributed by atoms with Crippen LogP contribution in [0.5, 0.6) is 0 Å². The van der Waals surface area contributed by atoms with Gasteiger partial charge >= 0.3 is 0 Å². The zero-order chi connectivity index (χ0) is 19.4. The molecule has 0 atom stereocenters. The zero-order valence-electron chi connectivity index (χ0n) is 15.5. The van der Waals surface area contributed by atoms with Gasteiger partial charge in [-0.25, -0.2) is 0 Å². The van der Waals surface area contributed by atoms with Crippen LogP contribution >= 0.6 is 23.4 Å². The highest BCUT2D eigenvalue weighted by atomic mass is 35.5. The molecule has 0 radical (unpaired) electrons. The first-order valence-electron chi connectivity index (χ1n) is 8.67. The Labute approximate surface area is 168 Å². The van der Waals surface area contributed by atoms with Gasteiger partial charge in [-0.3, -0.25) is 4.79 Å². The summed E-state index contributed by atoms with van der Waals surface area (Å²) in [7, 11) is 0. The maximum Gasteiger partial charge on any atom is 0.234 e. The van der Waals surface area contributed by atoms with E-state index in [4.69, 9.17) is 11.6 Å². The van der Waals surface area contributed by atoms with Crippen molar-refractivity contribution in [2.45, 2.75) is 32.5 Å². The lowest BCUT2D eigenvalue weighted by Gasteiger charge is -2.09. The summed E-state index contributed by atoms with van der Waals surface area (Å²) in [6, 6.07) is 13.6. The number of nitrogens with zero attached hydrogens (tertiary/aromatic N) is 3. The van der Waals surface area contributed by atoms with E-state index in [1.54, 1.807) is 0 Å². The summed E-state index contributed by atoms with van der Waals surface area (Å²) >= 11 is 7.61. The van der Waals surface area contributed by atoms with Crippen molar-refractivity contribution in [1.82, 2.24) is 14.8 Å². The normalized spacial score (nSPS) is 10.8. The van der Waals surface area contributed by atoms with Crippen LogP contribution in [-0.2, 0) is 11.3 Å². The van der Waals surface area contributed by atoms with Gasteiger partial charge in [0, 0.05) is 22.8 Å². The number of hydrogen-bond acceptors (Lipinski definition) is 4. The van der Waals surface area contributed by atoms with Crippen LogP contribution in [0.2, 0.25) is 5.02 Å². The Hall–Kier alpha value is -2.31. The van der Waals surface area contributed by atoms with Crippen LogP contribution in [0.4, 0.5) is 5.69 Å². The summed E-state index contributed by atoms with van der Waals surface area (Å²) in [6.07, 6.45) is 0. The second kappa shape index (κ2) is 8.59. The van der Waals surface area contributed by atoms with Crippen molar-refractivity contribution in [3.05, 3.63) is 58.6 Å². The third-order valence-electron chi connectivity index (χ3n) is 4.10. The molecule has 140 valence electrons. The van der Waals surface area contributed by atoms with Crippen LogP contribution in [0, 0.1) is 13.8 Å². The maximum absolute atomic E-state index is 12.2. The van der Waals surface area contributed by atoms with E-state index in [1.807, 2.05) is 67.8 Å². The van der Waals surface area contributed by atoms with Crippen LogP contribution in [0.3, 0.4) is 0 Å². The molecule has 3 rings (SSSR count). The highest BCUT2D eigenvalue weighted by Crippen LogP contribution is 2.27. The number of carbonyl (C=O) groups is 1. The van der Waals surface area contributed by atoms with Crippen LogP contribution in [0.25, 0.3) is 11.4 Å². The van der Waals surface area contributed by atoms with Crippen molar-refractivity contribution in [3.63, 3.8) is 0 Å². The number of nitrogens with one attached hydrogen (secondary N) is 1. The Morgan fingerprint density at radius 1 is 1.19 bits per heavy atom. The molecule has 0 fully saturated rings. The lowest BCUT2D eigenvalue weighted by molar-refractivity contribution is -0.113. The third-order valence-corrected chi connectivity index (χ3v) is 5.47. The van der Waals surface area contributed by atoms with Crippen LogP contribution < -0.4 is 5.32 Å². The van der Waals surface area contributed by atoms with Crippen molar-refractivity contribution in [2.75, 3.05) is 11.1 Å². The lowest BCUT2D eigenvalue weighted by atomic mass is 10.1. The van der Waals surface area contributed by atoms with Gasteiger partial charge in [0.1, 0.15) is 0 Å². The topological polar surface area (TPSA) is 59.8 Å². The number of amides is 1. The molecular formula is C20H21ClN4OS. The number of hydrogen-bond donors (Lipinski definition) is 1. The van der Waals surface area contributed by atoms with Gasteiger partial charge in [-0.2, -0.15) is 0 Å². The summed E-state index contributed by atoms with van der Waals surface area (Å²) in [5.41, 5.74) is 3.83. The molecule has 1 amide bonds. The molecule has 1 aromatic heterocycles. The fourth-order valence-corrected chi connectivity index (χ4v) is 3.66. The van der Waals surface area contributed by atoms with E-state index in [2.05, 4.69) is 15.5 Å². The molecule has 0 spiro atoms. The molecule has 5 nitrogen and oxygen atoms in total. The number of anilines is 1. The highest BCUT2D eigenvalue weighted by Gasteiger charge is 2.15. The Kier molecular flexibility index (Phi) is 6.19. The molecule has 7 heteroatoms. The fraction of sp³-hybridized carbons (Fsp3) is 0.250. The van der Waals surface area contributed by atoms with E-state index < -0.39 is 0 Å². The van der Waals surface area contributed by atoms with Crippen molar-refractivity contribution < 1.29 is 4.79 Å². The summed E-state index contributed by atoms with van der Waals surface area (Å²) in [6.45, 7) is 6.69. The summed E-state index contributed by atoms with van der Waals surface area (Å²) in [5.74, 6) is 0.943. The molecule has 27 heavy (non-hydrogen) atoms. The molecule has 0 aliphatic rings. The van der Waals surface area contributed by atoms with E-state index in [0.29, 0.717) is 16.7 Å². The molecule has 0 bridgehead atoms. The number of rotatable bonds is 6. The molecular weight excluding hydrogens is 380 g/mol. The molecule has 1 N–H and O–H groups in total. The average molecular weight is 401 g/mol. The van der Waals surface area contributed by atoms with Gasteiger partial charge in [-0.05, 0) is 50.1 Å². The molecule has 3 aromatic rings. The maximum atomic E-state index is 12.2. The Morgan fingerprint density at radius 2 is 2.00 bits per heavy atom. The first-order valence-corrected chi connectivity index (χ1v) is 10.0. The van der Waals surface area contributed by atoms with Gasteiger partial charge in [0.05, 0.1) is 5.75 Å². The minimum absolute atomic E-state index is 0.0730. The summed E-state index contributed by atoms with van der Waals surface area (Å²) < 4.78 is 1.99. The van der Waals surface area contributed by atoms with E-state index in [9.17, 15) is 4.79 Å². The molecule has 2 aromatic carbocycles. The van der Waals surface area contributed by atoms with Crippen molar-refractivity contribution in [3.8, 4) is 11.4 Å². The van der Waals surface area contributed by atoms with Gasteiger partial charge in [0.2, 0.25) is 5.91 Å². The second-order valence-corrected chi connectivity index (χ2v) is 7.57. The number of thioether (sulfide) groups is 1. The first-order chi connectivity index (χ1) is 13.0. The molecule has 0 aliphatic heterocycles. The van der Waals surface area contributed by atoms with Gasteiger partial charge in [-0.15, -0.1) is 10.2 Å². The molecule has 0 saturated carbocycles. The van der Waals surface area contributed by atoms with Gasteiger partial charge in [0.15, 0.2) is 11.0 Å². The van der Waals surface area contributed by atoms with Gasteiger partial charge in [-0.1, -0.05) is 47.6 Å². The standard InChI is InChI=1S/C20H21ClN4OS/c1-4-25-19(15-9-8-14(3)17(21)11-15)23-24-20(25)27-12-18(26)22-16-7-5-6-13(2)10-16/h5-11H,4,12H2,1-3H3,(H,22,26). The monoisotopic (exact) mass is 400 g/mol. The SMILES string of the molecule is CCn1c(SCC(=O)Nc2cccc(C)c2)nnc1-c1ccc(C)c(Cl)c1. The third kappa shape index (κ3) is 4.70. The van der Waals surface area contributed by atoms with Gasteiger partial charge in [0.25, 0.3) is 0 Å². The van der Waals surface area contributed by atoms with E-state index in [-0.39, 0.29) is 11.7 Å². The predicted octanol–water partition coefficient (Wildman–Crippen LogP) is 4.97. The number of carbonyl (C=O) groups excluding carboxylic acids is 1. The Bertz CT molecular complexity index is 970. The second-order valence-electron chi connectivity index (χ2n) is 6.22. The van der Waals surface area contributed by atoms with Crippen LogP contribution in [0.1, 0.15) is 18.1 Å². The van der Waals surface area contributed by atoms with E-state index >= 15 is 0 Å². The number of halogens is 1. The van der Waals surface area contributed by atoms with E-state index in [0.717, 1.165) is 28.2 Å². The predicted molar refractivity (Wildman–Crippen MR) is 111 cm³/mol. The molecule has 0 saturated heterocycles. The van der Waals surface area contributed by atoms with Gasteiger partial charge < -0.3 is 9.88 Å². The average Bonchev–Trinajstić information content (AvgIpc) is 3.05. The minimum Gasteiger partial charge on any atom is -0.325 e. The molecule has 0 aliphatic carbocycles. The number of aryl methyl sites for hydroxylation is 2. The van der Waals surface area contributed by atoms with Crippen molar-refractivity contribution >= 4 is 35.0 Å². The molecule has 0 unspecified atom stereocenters. The fourth-order valence-electron chi connectivity index (χ4n) is 2.68. The largest absolute Gasteiger partial charge is 0.325 e. The van der Waals surface area contributed by atoms with Crippen molar-refractivity contribution in [2.24, 2.45) is 0 Å². The van der Waals surface area contributed by atoms with Crippen molar-refractivity contribution in [1.29, 1.82) is 0 Å². The smallest absolute Gasteiger partial charge is 0.234 e. The minimum atomic E-state index is -0.0730. The quantitative estimate of drug-likeness (QED) is 0.593. The molecule has 1 heterocycles. The highest BCUT2D eigenvalue weighted by molar-refractivity contribution is 7.99. The van der Waals surface area contributed by atoms with E-state index in [1.165, 1.54) is 11.8 Å². The zero-order valence-corrected chi connectivity index (χ0v) is 17.1. The number of benzene rings is 2.